The molecule has 0 atom stereocenters. The maximum atomic E-state index is 11.4. The number of nitrogens with zero attached hydrogens (tertiary/aromatic N) is 2. The minimum Gasteiger partial charge on any atom is -0.445 e. The second kappa shape index (κ2) is 5.81. The van der Waals surface area contributed by atoms with E-state index in [0.29, 0.717) is 11.6 Å². The number of benzene rings is 1. The summed E-state index contributed by atoms with van der Waals surface area (Å²) in [5.74, 6) is 1.24. The molecular formula is C12H14N4O2. The third kappa shape index (κ3) is 3.58. The second-order valence-corrected chi connectivity index (χ2v) is 3.75. The van der Waals surface area contributed by atoms with E-state index in [2.05, 4.69) is 20.5 Å². The third-order valence-electron chi connectivity index (χ3n) is 2.25. The average Bonchev–Trinajstić information content (AvgIpc) is 2.81. The summed E-state index contributed by atoms with van der Waals surface area (Å²) in [6.07, 6.45) is -0.485. The number of carbonyl (C=O) groups excluding carboxylic acids is 1. The highest BCUT2D eigenvalue weighted by Crippen LogP contribution is 2.00. The predicted molar refractivity (Wildman–Crippen MR) is 64.6 cm³/mol. The van der Waals surface area contributed by atoms with Gasteiger partial charge in [-0.15, -0.1) is 0 Å². The first-order chi connectivity index (χ1) is 8.74. The Hall–Kier alpha value is -2.37. The van der Waals surface area contributed by atoms with Gasteiger partial charge >= 0.3 is 6.09 Å². The van der Waals surface area contributed by atoms with Crippen LogP contribution >= 0.6 is 0 Å². The Kier molecular flexibility index (Phi) is 3.90. The molecule has 0 saturated carbocycles. The van der Waals surface area contributed by atoms with E-state index in [-0.39, 0.29) is 13.2 Å². The number of aromatic nitrogens is 3. The van der Waals surface area contributed by atoms with Crippen molar-refractivity contribution in [2.24, 2.45) is 0 Å². The van der Waals surface area contributed by atoms with Crippen molar-refractivity contribution in [3.8, 4) is 0 Å². The molecule has 2 aromatic rings. The lowest BCUT2D eigenvalue weighted by molar-refractivity contribution is 0.139. The molecule has 2 rings (SSSR count). The van der Waals surface area contributed by atoms with Crippen LogP contribution in [0.25, 0.3) is 0 Å². The summed E-state index contributed by atoms with van der Waals surface area (Å²) in [6.45, 7) is 2.29. The number of carbonyl (C=O) groups is 1. The summed E-state index contributed by atoms with van der Waals surface area (Å²) in [6, 6.07) is 9.49. The number of hydrogen-bond acceptors (Lipinski definition) is 4. The Morgan fingerprint density at radius 3 is 2.83 bits per heavy atom. The van der Waals surface area contributed by atoms with Crippen molar-refractivity contribution in [3.63, 3.8) is 0 Å². The summed E-state index contributed by atoms with van der Waals surface area (Å²) in [4.78, 5) is 15.5. The monoisotopic (exact) mass is 246 g/mol. The Morgan fingerprint density at radius 1 is 1.39 bits per heavy atom. The minimum atomic E-state index is -0.485. The highest BCUT2D eigenvalue weighted by Gasteiger charge is 2.05. The van der Waals surface area contributed by atoms with Crippen molar-refractivity contribution >= 4 is 6.09 Å². The molecule has 0 aliphatic heterocycles. The molecule has 0 aliphatic rings. The molecule has 6 nitrogen and oxygen atoms in total. The first-order valence-electron chi connectivity index (χ1n) is 5.56. The maximum Gasteiger partial charge on any atom is 0.407 e. The fourth-order valence-electron chi connectivity index (χ4n) is 1.39. The maximum absolute atomic E-state index is 11.4. The van der Waals surface area contributed by atoms with Crippen molar-refractivity contribution in [1.82, 2.24) is 20.5 Å². The normalized spacial score (nSPS) is 10.1. The Bertz CT molecular complexity index is 510. The Morgan fingerprint density at radius 2 is 2.17 bits per heavy atom. The molecule has 0 unspecified atom stereocenters. The van der Waals surface area contributed by atoms with Crippen LogP contribution in [0.1, 0.15) is 17.2 Å². The molecule has 18 heavy (non-hydrogen) atoms. The molecule has 1 heterocycles. The highest BCUT2D eigenvalue weighted by atomic mass is 16.5. The fourth-order valence-corrected chi connectivity index (χ4v) is 1.39. The predicted octanol–water partition coefficient (Wildman–Crippen LogP) is 1.54. The molecule has 0 spiro atoms. The molecular weight excluding hydrogens is 232 g/mol. The van der Waals surface area contributed by atoms with E-state index in [4.69, 9.17) is 4.74 Å². The van der Waals surface area contributed by atoms with Crippen LogP contribution in [0.4, 0.5) is 4.79 Å². The number of alkyl carbamates (subject to hydrolysis) is 1. The van der Waals surface area contributed by atoms with Crippen LogP contribution < -0.4 is 5.32 Å². The van der Waals surface area contributed by atoms with Crippen molar-refractivity contribution < 1.29 is 9.53 Å². The summed E-state index contributed by atoms with van der Waals surface area (Å²) < 4.78 is 5.04. The van der Waals surface area contributed by atoms with E-state index in [1.165, 1.54) is 0 Å². The first-order valence-corrected chi connectivity index (χ1v) is 5.56. The zero-order valence-electron chi connectivity index (χ0n) is 10.0. The molecule has 0 fully saturated rings. The number of aromatic amines is 1. The van der Waals surface area contributed by atoms with Crippen LogP contribution in [0, 0.1) is 6.92 Å². The van der Waals surface area contributed by atoms with E-state index < -0.39 is 6.09 Å². The first kappa shape index (κ1) is 12.1. The molecule has 1 aromatic carbocycles. The average molecular weight is 246 g/mol. The Labute approximate surface area is 104 Å². The van der Waals surface area contributed by atoms with Gasteiger partial charge in [-0.1, -0.05) is 30.3 Å². The van der Waals surface area contributed by atoms with Crippen molar-refractivity contribution in [1.29, 1.82) is 0 Å². The summed E-state index contributed by atoms with van der Waals surface area (Å²) in [7, 11) is 0. The number of aryl methyl sites for hydroxylation is 1. The zero-order chi connectivity index (χ0) is 12.8. The largest absolute Gasteiger partial charge is 0.445 e. The SMILES string of the molecule is Cc1nc(CNC(=O)OCc2ccccc2)n[nH]1. The van der Waals surface area contributed by atoms with Gasteiger partial charge < -0.3 is 10.1 Å². The summed E-state index contributed by atoms with van der Waals surface area (Å²) in [5, 5.41) is 9.17. The van der Waals surface area contributed by atoms with E-state index in [9.17, 15) is 4.79 Å². The zero-order valence-corrected chi connectivity index (χ0v) is 10.0. The molecule has 1 aromatic heterocycles. The topological polar surface area (TPSA) is 79.9 Å². The van der Waals surface area contributed by atoms with Crippen molar-refractivity contribution in [3.05, 3.63) is 47.5 Å². The number of nitrogens with one attached hydrogen (secondary N) is 2. The molecule has 6 heteroatoms. The lowest BCUT2D eigenvalue weighted by atomic mass is 10.2. The summed E-state index contributed by atoms with van der Waals surface area (Å²) >= 11 is 0. The molecule has 94 valence electrons. The van der Waals surface area contributed by atoms with Gasteiger partial charge in [0.1, 0.15) is 12.4 Å². The van der Waals surface area contributed by atoms with E-state index in [1.807, 2.05) is 30.3 Å². The quantitative estimate of drug-likeness (QED) is 0.857. The van der Waals surface area contributed by atoms with Gasteiger partial charge in [0.05, 0.1) is 6.54 Å². The molecule has 0 radical (unpaired) electrons. The fraction of sp³-hybridized carbons (Fsp3) is 0.250. The van der Waals surface area contributed by atoms with E-state index in [0.717, 1.165) is 5.56 Å². The number of rotatable bonds is 4. The van der Waals surface area contributed by atoms with Crippen molar-refractivity contribution in [2.45, 2.75) is 20.1 Å². The van der Waals surface area contributed by atoms with Gasteiger partial charge in [0.15, 0.2) is 5.82 Å². The third-order valence-corrected chi connectivity index (χ3v) is 2.25. The number of amides is 1. The van der Waals surface area contributed by atoms with Crippen LogP contribution in [0.2, 0.25) is 0 Å². The van der Waals surface area contributed by atoms with Gasteiger partial charge in [-0.2, -0.15) is 5.10 Å². The molecule has 0 bridgehead atoms. The number of H-pyrrole nitrogens is 1. The van der Waals surface area contributed by atoms with E-state index in [1.54, 1.807) is 6.92 Å². The van der Waals surface area contributed by atoms with Crippen molar-refractivity contribution in [2.75, 3.05) is 0 Å². The van der Waals surface area contributed by atoms with Gasteiger partial charge in [-0.25, -0.2) is 9.78 Å². The van der Waals surface area contributed by atoms with Gasteiger partial charge in [0.25, 0.3) is 0 Å². The van der Waals surface area contributed by atoms with Gasteiger partial charge in [-0.05, 0) is 12.5 Å². The van der Waals surface area contributed by atoms with Crippen LogP contribution in [0.3, 0.4) is 0 Å². The van der Waals surface area contributed by atoms with Crippen LogP contribution in [-0.2, 0) is 17.9 Å². The minimum absolute atomic E-state index is 0.248. The van der Waals surface area contributed by atoms with Crippen LogP contribution in [0.5, 0.6) is 0 Å². The number of ether oxygens (including phenoxy) is 1. The van der Waals surface area contributed by atoms with Crippen LogP contribution in [0.15, 0.2) is 30.3 Å². The summed E-state index contributed by atoms with van der Waals surface area (Å²) in [5.41, 5.74) is 0.946. The van der Waals surface area contributed by atoms with E-state index >= 15 is 0 Å². The standard InChI is InChI=1S/C12H14N4O2/c1-9-14-11(16-15-9)7-13-12(17)18-8-10-5-3-2-4-6-10/h2-6H,7-8H2,1H3,(H,13,17)(H,14,15,16). The second-order valence-electron chi connectivity index (χ2n) is 3.75. The molecule has 0 aliphatic carbocycles. The lowest BCUT2D eigenvalue weighted by Crippen LogP contribution is -2.24. The van der Waals surface area contributed by atoms with Gasteiger partial charge in [0.2, 0.25) is 0 Å². The molecule has 2 N–H and O–H groups in total. The smallest absolute Gasteiger partial charge is 0.407 e. The Balaban J connectivity index is 1.73. The van der Waals surface area contributed by atoms with Crippen LogP contribution in [-0.4, -0.2) is 21.3 Å². The molecule has 1 amide bonds. The van der Waals surface area contributed by atoms with Gasteiger partial charge in [-0.3, -0.25) is 5.10 Å². The number of hydrogen-bond donors (Lipinski definition) is 2. The lowest BCUT2D eigenvalue weighted by Gasteiger charge is -2.05. The molecule has 0 saturated heterocycles. The van der Waals surface area contributed by atoms with Gasteiger partial charge in [0, 0.05) is 0 Å². The highest BCUT2D eigenvalue weighted by molar-refractivity contribution is 5.67.